The molecule has 2 unspecified atom stereocenters. The van der Waals surface area contributed by atoms with Crippen LogP contribution in [0, 0.1) is 5.41 Å². The monoisotopic (exact) mass is 238 g/mol. The Morgan fingerprint density at radius 3 is 3.25 bits per heavy atom. The summed E-state index contributed by atoms with van der Waals surface area (Å²) in [6.07, 6.45) is 0. The third-order valence-electron chi connectivity index (χ3n) is 3.57. The van der Waals surface area contributed by atoms with E-state index < -0.39 is 0 Å². The van der Waals surface area contributed by atoms with Crippen LogP contribution in [0.2, 0.25) is 5.02 Å². The lowest BCUT2D eigenvalue weighted by atomic mass is 9.85. The molecule has 0 spiro atoms. The Morgan fingerprint density at radius 1 is 1.50 bits per heavy atom. The summed E-state index contributed by atoms with van der Waals surface area (Å²) in [5.74, 6) is 0. The Bertz CT molecular complexity index is 423. The molecule has 0 bridgehead atoms. The molecule has 2 aliphatic rings. The van der Waals surface area contributed by atoms with Crippen LogP contribution in [0.1, 0.15) is 6.92 Å². The lowest BCUT2D eigenvalue weighted by molar-refractivity contribution is 0.164. The summed E-state index contributed by atoms with van der Waals surface area (Å²) in [5.41, 5.74) is 2.23. The van der Waals surface area contributed by atoms with Crippen LogP contribution in [0.25, 0.3) is 0 Å². The second-order valence-electron chi connectivity index (χ2n) is 4.88. The van der Waals surface area contributed by atoms with Crippen molar-refractivity contribution in [3.05, 3.63) is 23.2 Å². The summed E-state index contributed by atoms with van der Waals surface area (Å²) in [5, 5.41) is 7.73. The molecule has 2 aliphatic heterocycles. The van der Waals surface area contributed by atoms with Crippen LogP contribution in [-0.2, 0) is 4.74 Å². The van der Waals surface area contributed by atoms with E-state index in [1.807, 2.05) is 12.1 Å². The van der Waals surface area contributed by atoms with Crippen LogP contribution in [0.15, 0.2) is 18.2 Å². The smallest absolute Gasteiger partial charge is 0.0768 e. The molecule has 0 aromatic heterocycles. The Labute approximate surface area is 100 Å². The van der Waals surface area contributed by atoms with Gasteiger partial charge in [-0.05, 0) is 12.1 Å². The van der Waals surface area contributed by atoms with Gasteiger partial charge in [0.15, 0.2) is 0 Å². The molecule has 0 aliphatic carbocycles. The first-order valence-corrected chi connectivity index (χ1v) is 5.93. The molecular formula is C12H15ClN2O. The maximum atomic E-state index is 6.21. The number of hydrogen-bond donors (Lipinski definition) is 2. The van der Waals surface area contributed by atoms with E-state index in [2.05, 4.69) is 23.6 Å². The molecule has 0 saturated carbocycles. The zero-order valence-electron chi connectivity index (χ0n) is 9.22. The van der Waals surface area contributed by atoms with Crippen molar-refractivity contribution >= 4 is 23.0 Å². The first-order chi connectivity index (χ1) is 7.69. The molecule has 1 aromatic rings. The lowest BCUT2D eigenvalue weighted by Gasteiger charge is -2.27. The fourth-order valence-corrected chi connectivity index (χ4v) is 2.62. The lowest BCUT2D eigenvalue weighted by Crippen LogP contribution is -2.40. The minimum atomic E-state index is 0.141. The van der Waals surface area contributed by atoms with E-state index in [1.54, 1.807) is 0 Å². The van der Waals surface area contributed by atoms with Crippen LogP contribution < -0.4 is 10.6 Å². The van der Waals surface area contributed by atoms with Gasteiger partial charge in [0.05, 0.1) is 35.7 Å². The number of benzene rings is 1. The highest BCUT2D eigenvalue weighted by atomic mass is 35.5. The average molecular weight is 239 g/mol. The van der Waals surface area contributed by atoms with Crippen LogP contribution in [0.3, 0.4) is 0 Å². The van der Waals surface area contributed by atoms with E-state index in [1.165, 1.54) is 0 Å². The number of hydrogen-bond acceptors (Lipinski definition) is 3. The fraction of sp³-hybridized carbons (Fsp3) is 0.500. The minimum absolute atomic E-state index is 0.141. The van der Waals surface area contributed by atoms with Crippen molar-refractivity contribution in [1.29, 1.82) is 0 Å². The van der Waals surface area contributed by atoms with Gasteiger partial charge in [-0.2, -0.15) is 0 Å². The summed E-state index contributed by atoms with van der Waals surface area (Å²) in [6, 6.07) is 6.27. The van der Waals surface area contributed by atoms with Gasteiger partial charge in [0.2, 0.25) is 0 Å². The normalized spacial score (nSPS) is 32.0. The Balaban J connectivity index is 2.01. The first kappa shape index (κ1) is 10.2. The molecule has 3 rings (SSSR count). The van der Waals surface area contributed by atoms with E-state index in [0.29, 0.717) is 6.04 Å². The summed E-state index contributed by atoms with van der Waals surface area (Å²) in [4.78, 5) is 0. The van der Waals surface area contributed by atoms with E-state index in [0.717, 1.165) is 36.2 Å². The first-order valence-electron chi connectivity index (χ1n) is 5.56. The highest BCUT2D eigenvalue weighted by Crippen LogP contribution is 2.39. The van der Waals surface area contributed by atoms with Gasteiger partial charge in [-0.25, -0.2) is 0 Å². The van der Waals surface area contributed by atoms with Crippen LogP contribution in [-0.4, -0.2) is 25.8 Å². The van der Waals surface area contributed by atoms with Crippen molar-refractivity contribution in [2.45, 2.75) is 13.0 Å². The third kappa shape index (κ3) is 1.46. The van der Waals surface area contributed by atoms with Gasteiger partial charge in [-0.1, -0.05) is 24.6 Å². The molecule has 2 N–H and O–H groups in total. The molecule has 2 heterocycles. The second-order valence-corrected chi connectivity index (χ2v) is 5.29. The zero-order chi connectivity index (χ0) is 11.2. The highest BCUT2D eigenvalue weighted by Gasteiger charge is 2.42. The van der Waals surface area contributed by atoms with Crippen molar-refractivity contribution in [2.24, 2.45) is 5.41 Å². The van der Waals surface area contributed by atoms with E-state index in [9.17, 15) is 0 Å². The zero-order valence-corrected chi connectivity index (χ0v) is 9.97. The minimum Gasteiger partial charge on any atom is -0.383 e. The molecule has 16 heavy (non-hydrogen) atoms. The topological polar surface area (TPSA) is 33.3 Å². The molecule has 1 fully saturated rings. The summed E-state index contributed by atoms with van der Waals surface area (Å²) < 4.78 is 5.56. The largest absolute Gasteiger partial charge is 0.383 e. The molecule has 0 radical (unpaired) electrons. The van der Waals surface area contributed by atoms with Crippen molar-refractivity contribution in [3.8, 4) is 0 Å². The number of halogens is 1. The molecule has 1 saturated heterocycles. The van der Waals surface area contributed by atoms with E-state index in [-0.39, 0.29) is 5.41 Å². The van der Waals surface area contributed by atoms with Gasteiger partial charge in [-0.15, -0.1) is 0 Å². The summed E-state index contributed by atoms with van der Waals surface area (Å²) in [6.45, 7) is 4.70. The van der Waals surface area contributed by atoms with Crippen molar-refractivity contribution in [2.75, 3.05) is 30.4 Å². The number of para-hydroxylation sites is 1. The quantitative estimate of drug-likeness (QED) is 0.729. The molecule has 0 amide bonds. The number of ether oxygens (including phenoxy) is 1. The van der Waals surface area contributed by atoms with Crippen LogP contribution in [0.5, 0.6) is 0 Å². The third-order valence-corrected chi connectivity index (χ3v) is 3.89. The maximum Gasteiger partial charge on any atom is 0.0768 e. The molecule has 1 aromatic carbocycles. The van der Waals surface area contributed by atoms with Gasteiger partial charge in [0.25, 0.3) is 0 Å². The number of nitrogens with one attached hydrogen (secondary N) is 2. The Hall–Kier alpha value is -0.930. The predicted molar refractivity (Wildman–Crippen MR) is 66.3 cm³/mol. The van der Waals surface area contributed by atoms with Gasteiger partial charge in [0, 0.05) is 12.0 Å². The molecule has 86 valence electrons. The number of rotatable bonds is 0. The highest BCUT2D eigenvalue weighted by molar-refractivity contribution is 6.34. The van der Waals surface area contributed by atoms with Crippen molar-refractivity contribution in [3.63, 3.8) is 0 Å². The predicted octanol–water partition coefficient (Wildman–Crippen LogP) is 2.58. The van der Waals surface area contributed by atoms with Gasteiger partial charge >= 0.3 is 0 Å². The van der Waals surface area contributed by atoms with Crippen molar-refractivity contribution in [1.82, 2.24) is 0 Å². The van der Waals surface area contributed by atoms with E-state index >= 15 is 0 Å². The number of anilines is 2. The summed E-state index contributed by atoms with van der Waals surface area (Å²) in [7, 11) is 0. The Morgan fingerprint density at radius 2 is 2.38 bits per heavy atom. The molecular weight excluding hydrogens is 224 g/mol. The van der Waals surface area contributed by atoms with Gasteiger partial charge in [0.1, 0.15) is 0 Å². The van der Waals surface area contributed by atoms with E-state index in [4.69, 9.17) is 16.3 Å². The van der Waals surface area contributed by atoms with Crippen molar-refractivity contribution < 1.29 is 4.74 Å². The summed E-state index contributed by atoms with van der Waals surface area (Å²) >= 11 is 6.21. The molecule has 4 heteroatoms. The van der Waals surface area contributed by atoms with Crippen LogP contribution >= 0.6 is 11.6 Å². The Kier molecular flexibility index (Phi) is 2.26. The molecule has 2 atom stereocenters. The number of fused-ring (bicyclic) bond motifs is 2. The maximum absolute atomic E-state index is 6.21. The van der Waals surface area contributed by atoms with Gasteiger partial charge in [-0.3, -0.25) is 0 Å². The standard InChI is InChI=1S/C12H15ClN2O/c1-12-6-14-9-4-2-3-8(13)11(9)15-10(12)5-16-7-12/h2-4,10,14-15H,5-7H2,1H3. The fourth-order valence-electron chi connectivity index (χ4n) is 2.39. The molecule has 3 nitrogen and oxygen atoms in total. The SMILES string of the molecule is CC12CNc3cccc(Cl)c3NC1COC2. The second kappa shape index (κ2) is 3.54. The van der Waals surface area contributed by atoms with Gasteiger partial charge < -0.3 is 15.4 Å². The average Bonchev–Trinajstić information content (AvgIpc) is 2.55. The van der Waals surface area contributed by atoms with Crippen LogP contribution in [0.4, 0.5) is 11.4 Å².